The van der Waals surface area contributed by atoms with E-state index >= 15 is 0 Å². The van der Waals surface area contributed by atoms with Gasteiger partial charge in [0.25, 0.3) is 5.91 Å². The van der Waals surface area contributed by atoms with Crippen molar-refractivity contribution in [2.75, 3.05) is 13.1 Å². The number of hydrogen-bond acceptors (Lipinski definition) is 3. The van der Waals surface area contributed by atoms with Gasteiger partial charge in [-0.3, -0.25) is 10.2 Å². The third kappa shape index (κ3) is 4.68. The van der Waals surface area contributed by atoms with Crippen molar-refractivity contribution < 1.29 is 9.22 Å². The first-order chi connectivity index (χ1) is 10.6. The lowest BCUT2D eigenvalue weighted by Gasteiger charge is -2.41. The molecule has 0 saturated carbocycles. The number of H-pyrrole nitrogens is 1. The van der Waals surface area contributed by atoms with Crippen molar-refractivity contribution >= 4 is 14.2 Å². The molecule has 2 rings (SSSR count). The molecule has 0 radical (unpaired) electrons. The van der Waals surface area contributed by atoms with Crippen molar-refractivity contribution in [3.8, 4) is 0 Å². The molecule has 5 nitrogen and oxygen atoms in total. The summed E-state index contributed by atoms with van der Waals surface area (Å²) in [5.41, 5.74) is 4.67. The number of carbonyl (C=O) groups is 1. The monoisotopic (exact) mass is 337 g/mol. The van der Waals surface area contributed by atoms with Gasteiger partial charge in [0.05, 0.1) is 5.56 Å². The number of aryl methyl sites for hydroxylation is 1. The number of aromatic nitrogens is 1. The first kappa shape index (κ1) is 18.2. The Labute approximate surface area is 140 Å². The molecule has 23 heavy (non-hydrogen) atoms. The maximum Gasteiger partial charge on any atom is 0.267 e. The fourth-order valence-electron chi connectivity index (χ4n) is 2.53. The molecule has 0 aliphatic carbocycles. The number of hydrogen-bond donors (Lipinski definition) is 2. The van der Waals surface area contributed by atoms with E-state index in [1.165, 1.54) is 0 Å². The highest BCUT2D eigenvalue weighted by atomic mass is 28.4. The third-order valence-corrected chi connectivity index (χ3v) is 9.59. The minimum atomic E-state index is -1.71. The molecule has 1 aromatic rings. The van der Waals surface area contributed by atoms with Crippen molar-refractivity contribution in [2.45, 2.75) is 64.8 Å². The van der Waals surface area contributed by atoms with Crippen molar-refractivity contribution in [1.82, 2.24) is 15.4 Å². The lowest BCUT2D eigenvalue weighted by molar-refractivity contribution is 0.0505. The summed E-state index contributed by atoms with van der Waals surface area (Å²) in [4.78, 5) is 15.2. The Bertz CT molecular complexity index is 540. The van der Waals surface area contributed by atoms with E-state index in [4.69, 9.17) is 4.43 Å². The van der Waals surface area contributed by atoms with Gasteiger partial charge in [-0.25, -0.2) is 5.01 Å². The molecule has 1 saturated heterocycles. The molecule has 0 aromatic carbocycles. The van der Waals surface area contributed by atoms with Crippen LogP contribution in [0.15, 0.2) is 12.3 Å². The lowest BCUT2D eigenvalue weighted by atomic mass is 10.1. The van der Waals surface area contributed by atoms with Crippen molar-refractivity contribution in [3.63, 3.8) is 0 Å². The van der Waals surface area contributed by atoms with E-state index in [1.807, 2.05) is 18.0 Å². The van der Waals surface area contributed by atoms with Gasteiger partial charge in [-0.1, -0.05) is 20.8 Å². The number of aromatic amines is 1. The summed E-state index contributed by atoms with van der Waals surface area (Å²) in [6.45, 7) is 15.0. The highest BCUT2D eigenvalue weighted by Crippen LogP contribution is 2.38. The zero-order valence-electron chi connectivity index (χ0n) is 15.3. The van der Waals surface area contributed by atoms with Crippen LogP contribution < -0.4 is 5.43 Å². The smallest absolute Gasteiger partial charge is 0.267 e. The summed E-state index contributed by atoms with van der Waals surface area (Å²) in [6, 6.07) is 1.86. The van der Waals surface area contributed by atoms with Gasteiger partial charge in [-0.05, 0) is 44.0 Å². The summed E-state index contributed by atoms with van der Waals surface area (Å²) >= 11 is 0. The molecule has 0 atom stereocenters. The Morgan fingerprint density at radius 1 is 1.35 bits per heavy atom. The van der Waals surface area contributed by atoms with Gasteiger partial charge in [0, 0.05) is 31.1 Å². The van der Waals surface area contributed by atoms with Gasteiger partial charge in [-0.15, -0.1) is 0 Å². The van der Waals surface area contributed by atoms with E-state index in [1.54, 1.807) is 6.20 Å². The molecule has 1 fully saturated rings. The fourth-order valence-corrected chi connectivity index (χ4v) is 3.95. The van der Waals surface area contributed by atoms with E-state index < -0.39 is 8.32 Å². The van der Waals surface area contributed by atoms with Crippen LogP contribution in [0.2, 0.25) is 18.1 Å². The average Bonchev–Trinajstić information content (AvgIpc) is 2.86. The SMILES string of the molecule is Cc1cc(C(=O)NN2CCC(O[Si](C)(C)C(C)(C)C)CC2)c[nH]1. The number of amides is 1. The van der Waals surface area contributed by atoms with Gasteiger partial charge in [0.15, 0.2) is 8.32 Å². The largest absolute Gasteiger partial charge is 0.414 e. The fraction of sp³-hybridized carbons (Fsp3) is 0.706. The second-order valence-electron chi connectivity index (χ2n) is 8.08. The Kier molecular flexibility index (Phi) is 5.38. The molecule has 1 aromatic heterocycles. The minimum absolute atomic E-state index is 0.0434. The molecule has 130 valence electrons. The Morgan fingerprint density at radius 2 is 1.96 bits per heavy atom. The van der Waals surface area contributed by atoms with Crippen molar-refractivity contribution in [2.24, 2.45) is 0 Å². The predicted molar refractivity (Wildman–Crippen MR) is 95.9 cm³/mol. The summed E-state index contributed by atoms with van der Waals surface area (Å²) < 4.78 is 6.48. The first-order valence-corrected chi connectivity index (χ1v) is 11.4. The zero-order chi connectivity index (χ0) is 17.3. The van der Waals surface area contributed by atoms with E-state index in [-0.39, 0.29) is 10.9 Å². The van der Waals surface area contributed by atoms with Gasteiger partial charge in [0.2, 0.25) is 0 Å². The molecule has 6 heteroatoms. The van der Waals surface area contributed by atoms with Crippen LogP contribution in [0.1, 0.15) is 49.7 Å². The maximum atomic E-state index is 12.2. The Balaban J connectivity index is 1.81. The van der Waals surface area contributed by atoms with Crippen LogP contribution in [0.25, 0.3) is 0 Å². The maximum absolute atomic E-state index is 12.2. The summed E-state index contributed by atoms with van der Waals surface area (Å²) in [5.74, 6) is -0.0434. The molecule has 0 bridgehead atoms. The van der Waals surface area contributed by atoms with Crippen LogP contribution in [-0.4, -0.2) is 43.4 Å². The average molecular weight is 338 g/mol. The standard InChI is InChI=1S/C17H31N3O2Si/c1-13-11-14(12-18-13)16(21)19-20-9-7-15(8-10-20)22-23(5,6)17(2,3)4/h11-12,15,18H,7-10H2,1-6H3,(H,19,21). The van der Waals surface area contributed by atoms with E-state index in [9.17, 15) is 4.79 Å². The number of rotatable bonds is 4. The van der Waals surface area contributed by atoms with Crippen LogP contribution >= 0.6 is 0 Å². The highest BCUT2D eigenvalue weighted by Gasteiger charge is 2.39. The molecule has 2 heterocycles. The number of nitrogens with zero attached hydrogens (tertiary/aromatic N) is 1. The molecule has 1 aliphatic rings. The molecule has 0 unspecified atom stereocenters. The van der Waals surface area contributed by atoms with Gasteiger partial charge in [-0.2, -0.15) is 0 Å². The lowest BCUT2D eigenvalue weighted by Crippen LogP contribution is -2.51. The number of nitrogens with one attached hydrogen (secondary N) is 2. The molecule has 1 amide bonds. The van der Waals surface area contributed by atoms with Gasteiger partial charge < -0.3 is 9.41 Å². The van der Waals surface area contributed by atoms with E-state index in [0.29, 0.717) is 11.7 Å². The summed E-state index contributed by atoms with van der Waals surface area (Å²) in [5, 5.41) is 2.25. The third-order valence-electron chi connectivity index (χ3n) is 5.06. The van der Waals surface area contributed by atoms with Crippen LogP contribution in [0.4, 0.5) is 0 Å². The molecule has 2 N–H and O–H groups in total. The minimum Gasteiger partial charge on any atom is -0.414 e. The predicted octanol–water partition coefficient (Wildman–Crippen LogP) is 3.45. The number of carbonyl (C=O) groups excluding carboxylic acids is 1. The second kappa shape index (κ2) is 6.79. The van der Waals surface area contributed by atoms with E-state index in [0.717, 1.165) is 31.6 Å². The van der Waals surface area contributed by atoms with E-state index in [2.05, 4.69) is 44.3 Å². The van der Waals surface area contributed by atoms with Crippen LogP contribution in [0.5, 0.6) is 0 Å². The molecule has 0 spiro atoms. The topological polar surface area (TPSA) is 57.4 Å². The van der Waals surface area contributed by atoms with Crippen LogP contribution in [0, 0.1) is 6.92 Å². The molecule has 1 aliphatic heterocycles. The highest BCUT2D eigenvalue weighted by molar-refractivity contribution is 6.74. The number of hydrazine groups is 1. The quantitative estimate of drug-likeness (QED) is 0.827. The van der Waals surface area contributed by atoms with Gasteiger partial charge >= 0.3 is 0 Å². The Hall–Kier alpha value is -1.11. The normalized spacial score (nSPS) is 18.2. The summed E-state index contributed by atoms with van der Waals surface area (Å²) in [6.07, 6.45) is 4.01. The Morgan fingerprint density at radius 3 is 2.43 bits per heavy atom. The number of piperidine rings is 1. The zero-order valence-corrected chi connectivity index (χ0v) is 16.3. The van der Waals surface area contributed by atoms with Crippen LogP contribution in [-0.2, 0) is 4.43 Å². The second-order valence-corrected chi connectivity index (χ2v) is 12.8. The van der Waals surface area contributed by atoms with Crippen molar-refractivity contribution in [1.29, 1.82) is 0 Å². The van der Waals surface area contributed by atoms with Gasteiger partial charge in [0.1, 0.15) is 0 Å². The van der Waals surface area contributed by atoms with Crippen molar-refractivity contribution in [3.05, 3.63) is 23.5 Å². The summed E-state index contributed by atoms with van der Waals surface area (Å²) in [7, 11) is -1.71. The molecular weight excluding hydrogens is 306 g/mol. The molecular formula is C17H31N3O2Si. The van der Waals surface area contributed by atoms with Crippen LogP contribution in [0.3, 0.4) is 0 Å². The first-order valence-electron chi connectivity index (χ1n) is 8.47.